The second kappa shape index (κ2) is 6.38. The number of rotatable bonds is 2. The minimum absolute atomic E-state index is 0.294. The van der Waals surface area contributed by atoms with Crippen LogP contribution < -0.4 is 11.2 Å². The lowest BCUT2D eigenvalue weighted by atomic mass is 10.1. The molecule has 0 radical (unpaired) electrons. The Hall–Kier alpha value is -0.770. The lowest BCUT2D eigenvalue weighted by Gasteiger charge is -2.34. The molecule has 0 spiro atoms. The average molecular weight is 381 g/mol. The molecule has 1 aliphatic rings. The molecule has 2 rings (SSSR count). The molecule has 0 saturated carbocycles. The van der Waals surface area contributed by atoms with Crippen molar-refractivity contribution in [2.45, 2.75) is 24.8 Å². The number of benzene rings is 1. The topological polar surface area (TPSA) is 81.8 Å². The predicted octanol–water partition coefficient (Wildman–Crippen LogP) is 3.53. The summed E-state index contributed by atoms with van der Waals surface area (Å²) in [6, 6.07) is 3.84. The van der Waals surface area contributed by atoms with Gasteiger partial charge in [0.25, 0.3) is 0 Å². The maximum Gasteiger partial charge on any atom is 0.347 e. The molecule has 1 aromatic rings. The minimum atomic E-state index is -0.798. The Morgan fingerprint density at radius 2 is 2.14 bits per heavy atom. The van der Waals surface area contributed by atoms with E-state index in [0.29, 0.717) is 25.1 Å². The largest absolute Gasteiger partial charge is 0.347 e. The number of halogens is 2. The van der Waals surface area contributed by atoms with Crippen LogP contribution in [0, 0.1) is 0 Å². The molecule has 0 bridgehead atoms. The SMILES string of the molecule is CC1(C)SC(=S)N(N)[C@@H]1N(O)C(=O)Nc1ccc(Cl)c(Cl)c1. The van der Waals surface area contributed by atoms with Gasteiger partial charge in [0.05, 0.1) is 14.8 Å². The third kappa shape index (κ3) is 3.42. The number of carbonyl (C=O) groups excluding carboxylic acids is 1. The number of hydrogen-bond acceptors (Lipinski definition) is 5. The molecule has 1 atom stereocenters. The highest BCUT2D eigenvalue weighted by atomic mass is 35.5. The summed E-state index contributed by atoms with van der Waals surface area (Å²) in [4.78, 5) is 12.2. The fourth-order valence-electron chi connectivity index (χ4n) is 2.04. The number of hydrazine groups is 1. The lowest BCUT2D eigenvalue weighted by molar-refractivity contribution is -0.114. The number of urea groups is 1. The van der Waals surface area contributed by atoms with Gasteiger partial charge in [0, 0.05) is 5.69 Å². The van der Waals surface area contributed by atoms with Gasteiger partial charge in [-0.15, -0.1) is 0 Å². The molecule has 1 fully saturated rings. The van der Waals surface area contributed by atoms with E-state index >= 15 is 0 Å². The van der Waals surface area contributed by atoms with Gasteiger partial charge in [-0.05, 0) is 32.0 Å². The summed E-state index contributed by atoms with van der Waals surface area (Å²) in [7, 11) is 0. The van der Waals surface area contributed by atoms with E-state index < -0.39 is 16.9 Å². The maximum absolute atomic E-state index is 12.2. The Balaban J connectivity index is 2.15. The number of nitrogens with zero attached hydrogens (tertiary/aromatic N) is 2. The number of thioether (sulfide) groups is 1. The fraction of sp³-hybridized carbons (Fsp3) is 0.333. The van der Waals surface area contributed by atoms with Crippen molar-refractivity contribution in [2.24, 2.45) is 5.84 Å². The molecule has 0 aromatic heterocycles. The zero-order valence-electron chi connectivity index (χ0n) is 11.7. The monoisotopic (exact) mass is 380 g/mol. The normalized spacial score (nSPS) is 20.2. The van der Waals surface area contributed by atoms with Crippen LogP contribution in [0.3, 0.4) is 0 Å². The third-order valence-corrected chi connectivity index (χ3v) is 5.38. The molecule has 120 valence electrons. The molecule has 22 heavy (non-hydrogen) atoms. The van der Waals surface area contributed by atoms with Crippen LogP contribution in [0.5, 0.6) is 0 Å². The van der Waals surface area contributed by atoms with Crippen molar-refractivity contribution >= 4 is 63.2 Å². The number of thiocarbonyl (C=S) groups is 1. The second-order valence-corrected chi connectivity index (χ2v) is 8.26. The van der Waals surface area contributed by atoms with E-state index in [0.717, 1.165) is 0 Å². The smallest absolute Gasteiger partial charge is 0.306 e. The lowest BCUT2D eigenvalue weighted by Crippen LogP contribution is -2.57. The molecule has 6 nitrogen and oxygen atoms in total. The minimum Gasteiger partial charge on any atom is -0.306 e. The number of anilines is 1. The molecule has 1 aliphatic heterocycles. The van der Waals surface area contributed by atoms with Crippen LogP contribution in [0.1, 0.15) is 13.8 Å². The number of nitrogens with one attached hydrogen (secondary N) is 1. The van der Waals surface area contributed by atoms with Crippen LogP contribution >= 0.6 is 47.2 Å². The summed E-state index contributed by atoms with van der Waals surface area (Å²) >= 11 is 18.1. The Bertz CT molecular complexity index is 629. The van der Waals surface area contributed by atoms with Crippen LogP contribution in [0.4, 0.5) is 10.5 Å². The summed E-state index contributed by atoms with van der Waals surface area (Å²) in [5, 5.41) is 15.1. The van der Waals surface area contributed by atoms with Crippen LogP contribution in [0.25, 0.3) is 0 Å². The standard InChI is InChI=1S/C12H14Cl2N4O2S2/c1-12(2)9(17(15)11(21)22-12)18(20)10(19)16-6-3-4-7(13)8(14)5-6/h3-5,9,20H,15H2,1-2H3,(H,16,19)/t9-/m1/s1. The van der Waals surface area contributed by atoms with E-state index in [1.165, 1.54) is 22.8 Å². The Kier molecular flexibility index (Phi) is 5.10. The van der Waals surface area contributed by atoms with E-state index in [1.807, 2.05) is 13.8 Å². The fourth-order valence-corrected chi connectivity index (χ4v) is 4.06. The number of hydroxylamine groups is 2. The Morgan fingerprint density at radius 1 is 1.50 bits per heavy atom. The highest BCUT2D eigenvalue weighted by Crippen LogP contribution is 2.40. The Morgan fingerprint density at radius 3 is 2.64 bits per heavy atom. The van der Waals surface area contributed by atoms with Crippen LogP contribution in [0.2, 0.25) is 10.0 Å². The molecule has 2 amide bonds. The zero-order valence-corrected chi connectivity index (χ0v) is 14.9. The van der Waals surface area contributed by atoms with Crippen molar-refractivity contribution in [3.63, 3.8) is 0 Å². The molecule has 4 N–H and O–H groups in total. The first kappa shape index (κ1) is 17.6. The molecule has 10 heteroatoms. The van der Waals surface area contributed by atoms with Crippen molar-refractivity contribution in [2.75, 3.05) is 5.32 Å². The van der Waals surface area contributed by atoms with Gasteiger partial charge in [0.1, 0.15) is 0 Å². The van der Waals surface area contributed by atoms with Gasteiger partial charge >= 0.3 is 6.03 Å². The average Bonchev–Trinajstić information content (AvgIpc) is 2.61. The van der Waals surface area contributed by atoms with Crippen LogP contribution in [-0.4, -0.2) is 36.5 Å². The van der Waals surface area contributed by atoms with Crippen molar-refractivity contribution < 1.29 is 10.0 Å². The zero-order chi connectivity index (χ0) is 16.7. The van der Waals surface area contributed by atoms with Gasteiger partial charge in [0.15, 0.2) is 10.5 Å². The molecule has 0 unspecified atom stereocenters. The van der Waals surface area contributed by atoms with Crippen molar-refractivity contribution in [1.29, 1.82) is 0 Å². The quantitative estimate of drug-likeness (QED) is 0.315. The molecule has 1 heterocycles. The van der Waals surface area contributed by atoms with E-state index in [1.54, 1.807) is 12.1 Å². The maximum atomic E-state index is 12.2. The number of amides is 2. The highest BCUT2D eigenvalue weighted by molar-refractivity contribution is 8.24. The van der Waals surface area contributed by atoms with Gasteiger partial charge < -0.3 is 5.32 Å². The third-order valence-electron chi connectivity index (χ3n) is 3.06. The van der Waals surface area contributed by atoms with Gasteiger partial charge in [-0.2, -0.15) is 5.06 Å². The first-order valence-electron chi connectivity index (χ1n) is 6.14. The Labute approximate surface area is 147 Å². The number of nitrogens with two attached hydrogens (primary N) is 1. The van der Waals surface area contributed by atoms with Gasteiger partial charge in [0.2, 0.25) is 0 Å². The van der Waals surface area contributed by atoms with E-state index in [2.05, 4.69) is 5.32 Å². The van der Waals surface area contributed by atoms with E-state index in [9.17, 15) is 10.0 Å². The van der Waals surface area contributed by atoms with Crippen molar-refractivity contribution in [1.82, 2.24) is 10.1 Å². The summed E-state index contributed by atoms with van der Waals surface area (Å²) in [6.07, 6.45) is -0.798. The summed E-state index contributed by atoms with van der Waals surface area (Å²) in [6.45, 7) is 3.66. The van der Waals surface area contributed by atoms with Gasteiger partial charge in [-0.25, -0.2) is 10.6 Å². The first-order chi connectivity index (χ1) is 10.1. The second-order valence-electron chi connectivity index (χ2n) is 5.16. The molecule has 1 saturated heterocycles. The van der Waals surface area contributed by atoms with Crippen molar-refractivity contribution in [3.8, 4) is 0 Å². The van der Waals surface area contributed by atoms with Crippen molar-refractivity contribution in [3.05, 3.63) is 28.2 Å². The number of carbonyl (C=O) groups is 1. The molecular weight excluding hydrogens is 367 g/mol. The molecule has 1 aromatic carbocycles. The first-order valence-corrected chi connectivity index (χ1v) is 8.12. The predicted molar refractivity (Wildman–Crippen MR) is 93.2 cm³/mol. The van der Waals surface area contributed by atoms with Gasteiger partial charge in [-0.1, -0.05) is 47.2 Å². The molecule has 0 aliphatic carbocycles. The molecular formula is C12H14Cl2N4O2S2. The summed E-state index contributed by atoms with van der Waals surface area (Å²) in [5.41, 5.74) is 0.396. The van der Waals surface area contributed by atoms with Crippen LogP contribution in [-0.2, 0) is 0 Å². The highest BCUT2D eigenvalue weighted by Gasteiger charge is 2.48. The van der Waals surface area contributed by atoms with E-state index in [4.69, 9.17) is 41.3 Å². The number of hydrogen-bond donors (Lipinski definition) is 3. The van der Waals surface area contributed by atoms with Gasteiger partial charge in [-0.3, -0.25) is 10.2 Å². The van der Waals surface area contributed by atoms with Crippen LogP contribution in [0.15, 0.2) is 18.2 Å². The summed E-state index contributed by atoms with van der Waals surface area (Å²) < 4.78 is -0.161. The summed E-state index contributed by atoms with van der Waals surface area (Å²) in [5.74, 6) is 5.83. The van der Waals surface area contributed by atoms with E-state index in [-0.39, 0.29) is 0 Å².